The van der Waals surface area contributed by atoms with Crippen molar-refractivity contribution < 1.29 is 14.6 Å². The Morgan fingerprint density at radius 2 is 2.50 bits per heavy atom. The summed E-state index contributed by atoms with van der Waals surface area (Å²) in [7, 11) is 0. The van der Waals surface area contributed by atoms with Crippen LogP contribution < -0.4 is 0 Å². The summed E-state index contributed by atoms with van der Waals surface area (Å²) in [6.07, 6.45) is 2.72. The Labute approximate surface area is 82.3 Å². The van der Waals surface area contributed by atoms with E-state index >= 15 is 0 Å². The first-order valence-electron chi connectivity index (χ1n) is 4.49. The van der Waals surface area contributed by atoms with Gasteiger partial charge in [0.05, 0.1) is 0 Å². The Bertz CT molecular complexity index is 309. The van der Waals surface area contributed by atoms with Crippen molar-refractivity contribution in [2.75, 3.05) is 0 Å². The SMILES string of the molecule is CCn1ccnc1CO[C@@H](C)C(=O)O. The average Bonchev–Trinajstić information content (AvgIpc) is 2.60. The van der Waals surface area contributed by atoms with Crippen LogP contribution in [0, 0.1) is 0 Å². The number of ether oxygens (including phenoxy) is 1. The number of carboxylic acid groups (broad SMARTS) is 1. The summed E-state index contributed by atoms with van der Waals surface area (Å²) in [5.74, 6) is -0.208. The second kappa shape index (κ2) is 4.76. The molecule has 14 heavy (non-hydrogen) atoms. The van der Waals surface area contributed by atoms with Crippen molar-refractivity contribution in [3.05, 3.63) is 18.2 Å². The number of imidazole rings is 1. The van der Waals surface area contributed by atoms with Gasteiger partial charge in [-0.2, -0.15) is 0 Å². The molecular formula is C9H14N2O3. The normalized spacial score (nSPS) is 12.7. The highest BCUT2D eigenvalue weighted by Gasteiger charge is 2.12. The minimum absolute atomic E-state index is 0.230. The molecule has 0 aliphatic carbocycles. The summed E-state index contributed by atoms with van der Waals surface area (Å²) in [5, 5.41) is 8.58. The van der Waals surface area contributed by atoms with Gasteiger partial charge in [-0.3, -0.25) is 0 Å². The molecular weight excluding hydrogens is 184 g/mol. The lowest BCUT2D eigenvalue weighted by molar-refractivity contribution is -0.150. The number of hydrogen-bond donors (Lipinski definition) is 1. The van der Waals surface area contributed by atoms with Gasteiger partial charge >= 0.3 is 5.97 Å². The molecule has 0 unspecified atom stereocenters. The second-order valence-corrected chi connectivity index (χ2v) is 2.92. The van der Waals surface area contributed by atoms with Gasteiger partial charge in [-0.1, -0.05) is 0 Å². The van der Waals surface area contributed by atoms with Crippen LogP contribution in [0.5, 0.6) is 0 Å². The molecule has 0 aromatic carbocycles. The molecule has 78 valence electrons. The standard InChI is InChI=1S/C9H14N2O3/c1-3-11-5-4-10-8(11)6-14-7(2)9(12)13/h4-5,7H,3,6H2,1-2H3,(H,12,13)/t7-/m0/s1. The second-order valence-electron chi connectivity index (χ2n) is 2.92. The molecule has 0 aliphatic rings. The van der Waals surface area contributed by atoms with Gasteiger partial charge in [0.2, 0.25) is 0 Å². The maximum absolute atomic E-state index is 10.5. The zero-order valence-electron chi connectivity index (χ0n) is 8.30. The lowest BCUT2D eigenvalue weighted by Gasteiger charge is -2.08. The van der Waals surface area contributed by atoms with Crippen LogP contribution in [-0.4, -0.2) is 26.7 Å². The fraction of sp³-hybridized carbons (Fsp3) is 0.556. The van der Waals surface area contributed by atoms with E-state index in [1.54, 1.807) is 6.20 Å². The Hall–Kier alpha value is -1.36. The van der Waals surface area contributed by atoms with E-state index < -0.39 is 12.1 Å². The predicted octanol–water partition coefficient (Wildman–Crippen LogP) is 0.893. The van der Waals surface area contributed by atoms with Crippen molar-refractivity contribution in [3.8, 4) is 0 Å². The molecule has 0 saturated carbocycles. The molecule has 0 fully saturated rings. The number of rotatable bonds is 5. The van der Waals surface area contributed by atoms with Crippen LogP contribution in [0.1, 0.15) is 19.7 Å². The third-order valence-electron chi connectivity index (χ3n) is 1.95. The van der Waals surface area contributed by atoms with Gasteiger partial charge in [0.25, 0.3) is 0 Å². The number of hydrogen-bond acceptors (Lipinski definition) is 3. The number of carboxylic acids is 1. The number of aryl methyl sites for hydroxylation is 1. The van der Waals surface area contributed by atoms with E-state index in [0.29, 0.717) is 0 Å². The van der Waals surface area contributed by atoms with E-state index in [1.807, 2.05) is 17.7 Å². The van der Waals surface area contributed by atoms with E-state index in [0.717, 1.165) is 12.4 Å². The summed E-state index contributed by atoms with van der Waals surface area (Å²) < 4.78 is 7.02. The Morgan fingerprint density at radius 3 is 3.07 bits per heavy atom. The molecule has 1 aromatic rings. The molecule has 0 amide bonds. The molecule has 0 saturated heterocycles. The maximum atomic E-state index is 10.5. The van der Waals surface area contributed by atoms with Gasteiger partial charge in [0.15, 0.2) is 6.10 Å². The van der Waals surface area contributed by atoms with Crippen molar-refractivity contribution in [1.82, 2.24) is 9.55 Å². The minimum atomic E-state index is -0.959. The molecule has 5 heteroatoms. The van der Waals surface area contributed by atoms with Crippen LogP contribution in [0.2, 0.25) is 0 Å². The van der Waals surface area contributed by atoms with Crippen molar-refractivity contribution in [1.29, 1.82) is 0 Å². The van der Waals surface area contributed by atoms with Crippen molar-refractivity contribution >= 4 is 5.97 Å². The Morgan fingerprint density at radius 1 is 1.79 bits per heavy atom. The molecule has 1 heterocycles. The minimum Gasteiger partial charge on any atom is -0.479 e. The zero-order valence-corrected chi connectivity index (χ0v) is 8.30. The molecule has 1 rings (SSSR count). The number of carbonyl (C=O) groups is 1. The monoisotopic (exact) mass is 198 g/mol. The summed E-state index contributed by atoms with van der Waals surface area (Å²) in [5.41, 5.74) is 0. The topological polar surface area (TPSA) is 64.4 Å². The van der Waals surface area contributed by atoms with E-state index in [9.17, 15) is 4.79 Å². The zero-order chi connectivity index (χ0) is 10.6. The van der Waals surface area contributed by atoms with Crippen molar-refractivity contribution in [3.63, 3.8) is 0 Å². The van der Waals surface area contributed by atoms with E-state index in [1.165, 1.54) is 6.92 Å². The number of nitrogens with zero attached hydrogens (tertiary/aromatic N) is 2. The average molecular weight is 198 g/mol. The summed E-state index contributed by atoms with van der Waals surface area (Å²) >= 11 is 0. The van der Waals surface area contributed by atoms with Crippen LogP contribution in [0.15, 0.2) is 12.4 Å². The van der Waals surface area contributed by atoms with Crippen LogP contribution in [0.3, 0.4) is 0 Å². The maximum Gasteiger partial charge on any atom is 0.332 e. The fourth-order valence-corrected chi connectivity index (χ4v) is 1.04. The highest BCUT2D eigenvalue weighted by Crippen LogP contribution is 2.02. The lowest BCUT2D eigenvalue weighted by Crippen LogP contribution is -2.20. The Balaban J connectivity index is 2.49. The molecule has 0 aliphatic heterocycles. The molecule has 1 aromatic heterocycles. The largest absolute Gasteiger partial charge is 0.479 e. The van der Waals surface area contributed by atoms with Gasteiger partial charge in [0, 0.05) is 18.9 Å². The van der Waals surface area contributed by atoms with Crippen LogP contribution >= 0.6 is 0 Å². The quantitative estimate of drug-likeness (QED) is 0.763. The highest BCUT2D eigenvalue weighted by molar-refractivity contribution is 5.71. The first-order chi connectivity index (χ1) is 6.65. The third kappa shape index (κ3) is 2.56. The van der Waals surface area contributed by atoms with Crippen molar-refractivity contribution in [2.45, 2.75) is 33.1 Å². The summed E-state index contributed by atoms with van der Waals surface area (Å²) in [6.45, 7) is 4.53. The fourth-order valence-electron chi connectivity index (χ4n) is 1.04. The molecule has 0 spiro atoms. The first-order valence-corrected chi connectivity index (χ1v) is 4.49. The molecule has 1 N–H and O–H groups in total. The molecule has 1 atom stereocenters. The molecule has 0 radical (unpaired) electrons. The molecule has 5 nitrogen and oxygen atoms in total. The number of aromatic nitrogens is 2. The summed E-state index contributed by atoms with van der Waals surface area (Å²) in [4.78, 5) is 14.5. The van der Waals surface area contributed by atoms with Crippen LogP contribution in [0.4, 0.5) is 0 Å². The molecule has 0 bridgehead atoms. The van der Waals surface area contributed by atoms with Gasteiger partial charge in [-0.25, -0.2) is 9.78 Å². The van der Waals surface area contributed by atoms with Crippen LogP contribution in [0.25, 0.3) is 0 Å². The van der Waals surface area contributed by atoms with Crippen molar-refractivity contribution in [2.24, 2.45) is 0 Å². The van der Waals surface area contributed by atoms with Gasteiger partial charge in [-0.05, 0) is 13.8 Å². The predicted molar refractivity (Wildman–Crippen MR) is 49.8 cm³/mol. The number of aliphatic carboxylic acids is 1. The van der Waals surface area contributed by atoms with Gasteiger partial charge in [-0.15, -0.1) is 0 Å². The van der Waals surface area contributed by atoms with Gasteiger partial charge in [0.1, 0.15) is 12.4 Å². The summed E-state index contributed by atoms with van der Waals surface area (Å²) in [6, 6.07) is 0. The third-order valence-corrected chi connectivity index (χ3v) is 1.95. The smallest absolute Gasteiger partial charge is 0.332 e. The van der Waals surface area contributed by atoms with E-state index in [2.05, 4.69) is 4.98 Å². The van der Waals surface area contributed by atoms with Crippen LogP contribution in [-0.2, 0) is 22.7 Å². The highest BCUT2D eigenvalue weighted by atomic mass is 16.5. The lowest BCUT2D eigenvalue weighted by atomic mass is 10.4. The van der Waals surface area contributed by atoms with Gasteiger partial charge < -0.3 is 14.4 Å². The first kappa shape index (κ1) is 10.7. The Kier molecular flexibility index (Phi) is 3.64. The van der Waals surface area contributed by atoms with E-state index in [4.69, 9.17) is 9.84 Å². The van der Waals surface area contributed by atoms with E-state index in [-0.39, 0.29) is 6.61 Å².